The molecule has 0 aliphatic rings. The molecule has 1 N–H and O–H groups in total. The van der Waals surface area contributed by atoms with Crippen molar-refractivity contribution in [1.82, 2.24) is 10.2 Å². The van der Waals surface area contributed by atoms with E-state index in [0.29, 0.717) is 0 Å². The second kappa shape index (κ2) is 4.18. The van der Waals surface area contributed by atoms with Gasteiger partial charge in [-0.25, -0.2) is 0 Å². The number of hydrogen-bond donors (Lipinski definition) is 1. The number of aromatic nitrogens is 2. The molecule has 1 aromatic rings. The summed E-state index contributed by atoms with van der Waals surface area (Å²) >= 11 is 0. The third-order valence-corrected chi connectivity index (χ3v) is 6.97. The summed E-state index contributed by atoms with van der Waals surface area (Å²) in [5, 5.41) is 10.9. The molecule has 0 atom stereocenters. The van der Waals surface area contributed by atoms with Crippen molar-refractivity contribution >= 4 is 14.5 Å². The molecular weight excluding hydrogens is 206 g/mol. The Kier molecular flexibility index (Phi) is 3.34. The Balaban J connectivity index is 2.57. The van der Waals surface area contributed by atoms with Crippen molar-refractivity contribution in [2.75, 3.05) is 0 Å². The van der Waals surface area contributed by atoms with Gasteiger partial charge in [0.05, 0.1) is 6.21 Å². The average molecular weight is 225 g/mol. The fourth-order valence-corrected chi connectivity index (χ4v) is 1.28. The Hall–Kier alpha value is -1.10. The summed E-state index contributed by atoms with van der Waals surface area (Å²) in [6.45, 7) is 10.9. The van der Waals surface area contributed by atoms with Gasteiger partial charge in [-0.3, -0.25) is 5.10 Å². The topological polar surface area (TPSA) is 50.3 Å². The molecule has 5 heteroatoms. The van der Waals surface area contributed by atoms with Crippen LogP contribution in [0.5, 0.6) is 0 Å². The number of oxime groups is 1. The van der Waals surface area contributed by atoms with E-state index in [1.807, 2.05) is 6.07 Å². The highest BCUT2D eigenvalue weighted by Gasteiger charge is 2.39. The number of hydrogen-bond acceptors (Lipinski definition) is 3. The molecule has 0 fully saturated rings. The van der Waals surface area contributed by atoms with Gasteiger partial charge in [0.25, 0.3) is 8.32 Å². The summed E-state index contributed by atoms with van der Waals surface area (Å²) in [5.74, 6) is 0. The van der Waals surface area contributed by atoms with Crippen molar-refractivity contribution in [3.63, 3.8) is 0 Å². The smallest absolute Gasteiger partial charge is 0.286 e. The first-order valence-corrected chi connectivity index (χ1v) is 7.95. The highest BCUT2D eigenvalue weighted by Crippen LogP contribution is 2.36. The van der Waals surface area contributed by atoms with Crippen LogP contribution in [0.1, 0.15) is 26.5 Å². The lowest BCUT2D eigenvalue weighted by atomic mass is 10.2. The maximum absolute atomic E-state index is 5.62. The van der Waals surface area contributed by atoms with E-state index in [-0.39, 0.29) is 5.04 Å². The largest absolute Gasteiger partial charge is 0.455 e. The highest BCUT2D eigenvalue weighted by molar-refractivity contribution is 6.74. The van der Waals surface area contributed by atoms with Crippen molar-refractivity contribution in [3.8, 4) is 0 Å². The Morgan fingerprint density at radius 1 is 1.47 bits per heavy atom. The second-order valence-corrected chi connectivity index (χ2v) is 9.79. The summed E-state index contributed by atoms with van der Waals surface area (Å²) in [6.07, 6.45) is 3.39. The van der Waals surface area contributed by atoms with Crippen LogP contribution >= 0.6 is 0 Å². The van der Waals surface area contributed by atoms with Gasteiger partial charge in [-0.15, -0.1) is 5.16 Å². The lowest BCUT2D eigenvalue weighted by Crippen LogP contribution is -2.39. The summed E-state index contributed by atoms with van der Waals surface area (Å²) in [6, 6.07) is 1.85. The number of H-pyrrole nitrogens is 1. The van der Waals surface area contributed by atoms with Crippen LogP contribution < -0.4 is 0 Å². The fourth-order valence-electron chi connectivity index (χ4n) is 0.693. The van der Waals surface area contributed by atoms with Crippen molar-refractivity contribution in [2.24, 2.45) is 5.16 Å². The van der Waals surface area contributed by atoms with E-state index in [0.717, 1.165) is 5.69 Å². The Morgan fingerprint density at radius 3 is 2.60 bits per heavy atom. The van der Waals surface area contributed by atoms with Gasteiger partial charge in [-0.05, 0) is 24.2 Å². The predicted octanol–water partition coefficient (Wildman–Crippen LogP) is 2.77. The zero-order valence-electron chi connectivity index (χ0n) is 10.0. The molecular formula is C10H19N3OSi. The average Bonchev–Trinajstić information content (AvgIpc) is 2.54. The van der Waals surface area contributed by atoms with E-state index < -0.39 is 8.32 Å². The van der Waals surface area contributed by atoms with E-state index in [1.165, 1.54) is 0 Å². The summed E-state index contributed by atoms with van der Waals surface area (Å²) in [7, 11) is -1.77. The maximum atomic E-state index is 5.62. The molecule has 0 amide bonds. The van der Waals surface area contributed by atoms with E-state index in [1.54, 1.807) is 12.4 Å². The van der Waals surface area contributed by atoms with Gasteiger partial charge in [0.1, 0.15) is 5.69 Å². The molecule has 15 heavy (non-hydrogen) atoms. The molecule has 0 aromatic carbocycles. The standard InChI is InChI=1S/C10H19N3OSi/c1-10(2,3)15(4,5)14-12-8-9-6-7-11-13-9/h6-8H,1-5H3,(H,11,13)/b12-8+. The van der Waals surface area contributed by atoms with Crippen molar-refractivity contribution in [2.45, 2.75) is 38.9 Å². The quantitative estimate of drug-likeness (QED) is 0.488. The molecule has 0 spiro atoms. The van der Waals surface area contributed by atoms with Gasteiger partial charge in [-0.1, -0.05) is 20.8 Å². The second-order valence-electron chi connectivity index (χ2n) is 5.09. The summed E-state index contributed by atoms with van der Waals surface area (Å²) < 4.78 is 5.62. The summed E-state index contributed by atoms with van der Waals surface area (Å²) in [4.78, 5) is 0. The molecule has 0 aliphatic carbocycles. The van der Waals surface area contributed by atoms with Gasteiger partial charge < -0.3 is 4.53 Å². The number of nitrogens with one attached hydrogen (secondary N) is 1. The lowest BCUT2D eigenvalue weighted by Gasteiger charge is -2.32. The Morgan fingerprint density at radius 2 is 2.13 bits per heavy atom. The molecule has 0 radical (unpaired) electrons. The number of rotatable bonds is 3. The molecule has 0 saturated heterocycles. The molecule has 1 rings (SSSR count). The van der Waals surface area contributed by atoms with Crippen LogP contribution in [0, 0.1) is 0 Å². The predicted molar refractivity (Wildman–Crippen MR) is 64.5 cm³/mol. The van der Waals surface area contributed by atoms with Crippen LogP contribution in [0.2, 0.25) is 18.1 Å². The fraction of sp³-hybridized carbons (Fsp3) is 0.600. The van der Waals surface area contributed by atoms with Gasteiger partial charge in [-0.2, -0.15) is 5.10 Å². The van der Waals surface area contributed by atoms with Crippen LogP contribution in [0.25, 0.3) is 0 Å². The van der Waals surface area contributed by atoms with E-state index in [4.69, 9.17) is 4.53 Å². The Labute approximate surface area is 91.9 Å². The molecule has 1 aromatic heterocycles. The van der Waals surface area contributed by atoms with Crippen molar-refractivity contribution < 1.29 is 4.53 Å². The third kappa shape index (κ3) is 3.19. The van der Waals surface area contributed by atoms with E-state index in [2.05, 4.69) is 49.2 Å². The van der Waals surface area contributed by atoms with Gasteiger partial charge in [0, 0.05) is 6.20 Å². The van der Waals surface area contributed by atoms with Crippen LogP contribution in [0.3, 0.4) is 0 Å². The number of aromatic amines is 1. The zero-order chi connectivity index (χ0) is 11.5. The molecule has 1 heterocycles. The first kappa shape index (κ1) is 12.0. The van der Waals surface area contributed by atoms with Crippen LogP contribution in [0.15, 0.2) is 17.4 Å². The maximum Gasteiger partial charge on any atom is 0.286 e. The van der Waals surface area contributed by atoms with Gasteiger partial charge in [0.2, 0.25) is 0 Å². The van der Waals surface area contributed by atoms with Crippen LogP contribution in [-0.2, 0) is 4.53 Å². The molecule has 4 nitrogen and oxygen atoms in total. The summed E-state index contributed by atoms with van der Waals surface area (Å²) in [5.41, 5.74) is 0.786. The molecule has 0 aliphatic heterocycles. The SMILES string of the molecule is CC(C)(C)[Si](C)(C)O/N=C/c1cc[nH]n1. The molecule has 0 saturated carbocycles. The highest BCUT2D eigenvalue weighted by atomic mass is 28.4. The van der Waals surface area contributed by atoms with Crippen molar-refractivity contribution in [1.29, 1.82) is 0 Å². The normalized spacial score (nSPS) is 13.4. The monoisotopic (exact) mass is 225 g/mol. The lowest BCUT2D eigenvalue weighted by molar-refractivity contribution is 0.310. The minimum atomic E-state index is -1.77. The minimum Gasteiger partial charge on any atom is -0.455 e. The van der Waals surface area contributed by atoms with Crippen LogP contribution in [-0.4, -0.2) is 24.7 Å². The first-order chi connectivity index (χ1) is 6.83. The number of nitrogens with zero attached hydrogens (tertiary/aromatic N) is 2. The van der Waals surface area contributed by atoms with Gasteiger partial charge in [0.15, 0.2) is 0 Å². The van der Waals surface area contributed by atoms with E-state index in [9.17, 15) is 0 Å². The van der Waals surface area contributed by atoms with Crippen LogP contribution in [0.4, 0.5) is 0 Å². The van der Waals surface area contributed by atoms with Crippen molar-refractivity contribution in [3.05, 3.63) is 18.0 Å². The minimum absolute atomic E-state index is 0.177. The zero-order valence-corrected chi connectivity index (χ0v) is 11.0. The molecule has 84 valence electrons. The van der Waals surface area contributed by atoms with Gasteiger partial charge >= 0.3 is 0 Å². The third-order valence-electron chi connectivity index (χ3n) is 2.79. The molecule has 0 unspecified atom stereocenters. The Bertz CT molecular complexity index is 325. The first-order valence-electron chi connectivity index (χ1n) is 5.04. The molecule has 0 bridgehead atoms. The van der Waals surface area contributed by atoms with E-state index >= 15 is 0 Å².